The van der Waals surface area contributed by atoms with Gasteiger partial charge in [-0.15, -0.1) is 0 Å². The second-order valence-electron chi connectivity index (χ2n) is 9.00. The number of anilines is 1. The van der Waals surface area contributed by atoms with Crippen molar-refractivity contribution in [2.24, 2.45) is 0 Å². The number of Topliss-reactive ketones (excluding diaryl/α,β-unsaturated/α-hetero) is 1. The van der Waals surface area contributed by atoms with E-state index in [1.165, 1.54) is 12.1 Å². The van der Waals surface area contributed by atoms with Crippen molar-refractivity contribution < 1.29 is 18.7 Å². The Morgan fingerprint density at radius 3 is 2.53 bits per heavy atom. The molecule has 0 saturated carbocycles. The van der Waals surface area contributed by atoms with E-state index in [-0.39, 0.29) is 11.6 Å². The van der Waals surface area contributed by atoms with Gasteiger partial charge in [0.2, 0.25) is 5.78 Å². The monoisotopic (exact) mass is 458 g/mol. The number of carbonyl (C=O) groups is 1. The molecule has 0 spiro atoms. The Bertz CT molecular complexity index is 1260. The summed E-state index contributed by atoms with van der Waals surface area (Å²) >= 11 is 0. The van der Waals surface area contributed by atoms with Crippen LogP contribution in [-0.2, 0) is 13.0 Å². The van der Waals surface area contributed by atoms with Crippen LogP contribution < -0.4 is 14.4 Å². The van der Waals surface area contributed by atoms with Crippen molar-refractivity contribution in [1.29, 1.82) is 0 Å². The summed E-state index contributed by atoms with van der Waals surface area (Å²) in [6, 6.07) is 16.5. The van der Waals surface area contributed by atoms with Crippen LogP contribution >= 0.6 is 0 Å². The minimum absolute atomic E-state index is 0.101. The van der Waals surface area contributed by atoms with Gasteiger partial charge in [0.05, 0.1) is 11.1 Å². The first-order chi connectivity index (χ1) is 16.4. The fraction of sp³-hybridized carbons (Fsp3) is 0.250. The normalized spacial score (nSPS) is 16.1. The van der Waals surface area contributed by atoms with E-state index in [0.29, 0.717) is 30.3 Å². The Kier molecular flexibility index (Phi) is 5.84. The maximum Gasteiger partial charge on any atom is 0.232 e. The number of carbonyl (C=O) groups excluding carboxylic acids is 1. The third-order valence-electron chi connectivity index (χ3n) is 6.32. The first-order valence-corrected chi connectivity index (χ1v) is 11.4. The first-order valence-electron chi connectivity index (χ1n) is 11.4. The predicted octanol–water partition coefficient (Wildman–Crippen LogP) is 5.21. The minimum Gasteiger partial charge on any atom is -0.478 e. The molecule has 2 aliphatic rings. The van der Waals surface area contributed by atoms with Gasteiger partial charge in [0, 0.05) is 32.9 Å². The largest absolute Gasteiger partial charge is 0.478 e. The molecule has 2 heterocycles. The lowest BCUT2D eigenvalue weighted by molar-refractivity contribution is 0.0949. The van der Waals surface area contributed by atoms with Crippen LogP contribution in [0.25, 0.3) is 6.08 Å². The predicted molar refractivity (Wildman–Crippen MR) is 131 cm³/mol. The number of ketones is 1. The summed E-state index contributed by atoms with van der Waals surface area (Å²) in [5.74, 6) is 1.36. The van der Waals surface area contributed by atoms with Gasteiger partial charge in [0.15, 0.2) is 5.76 Å². The highest BCUT2D eigenvalue weighted by atomic mass is 19.1. The summed E-state index contributed by atoms with van der Waals surface area (Å²) in [4.78, 5) is 17.4. The van der Waals surface area contributed by atoms with Gasteiger partial charge in [-0.25, -0.2) is 4.39 Å². The van der Waals surface area contributed by atoms with Crippen LogP contribution in [0.4, 0.5) is 10.1 Å². The van der Waals surface area contributed by atoms with Crippen molar-refractivity contribution in [2.45, 2.75) is 19.9 Å². The maximum atomic E-state index is 13.2. The molecular formula is C28H27FN2O3. The number of rotatable bonds is 5. The molecule has 0 fully saturated rings. The van der Waals surface area contributed by atoms with Crippen LogP contribution in [-0.4, -0.2) is 38.1 Å². The van der Waals surface area contributed by atoms with Crippen LogP contribution in [0.3, 0.4) is 0 Å². The number of aryl methyl sites for hydroxylation is 1. The number of hydrogen-bond donors (Lipinski definition) is 0. The molecule has 0 aromatic heterocycles. The second-order valence-corrected chi connectivity index (χ2v) is 9.00. The molecule has 0 aliphatic carbocycles. The number of halogens is 1. The lowest BCUT2D eigenvalue weighted by Gasteiger charge is -2.30. The zero-order valence-electron chi connectivity index (χ0n) is 19.6. The quantitative estimate of drug-likeness (QED) is 0.491. The molecule has 6 heteroatoms. The summed E-state index contributed by atoms with van der Waals surface area (Å²) in [5, 5.41) is 0. The third-order valence-corrected chi connectivity index (χ3v) is 6.32. The maximum absolute atomic E-state index is 13.2. The van der Waals surface area contributed by atoms with E-state index >= 15 is 0 Å². The summed E-state index contributed by atoms with van der Waals surface area (Å²) in [5.41, 5.74) is 5.42. The smallest absolute Gasteiger partial charge is 0.232 e. The zero-order valence-corrected chi connectivity index (χ0v) is 19.6. The van der Waals surface area contributed by atoms with E-state index in [4.69, 9.17) is 9.47 Å². The van der Waals surface area contributed by atoms with Gasteiger partial charge in [-0.2, -0.15) is 0 Å². The van der Waals surface area contributed by atoms with Crippen LogP contribution in [0.2, 0.25) is 0 Å². The molecule has 5 nitrogen and oxygen atoms in total. The van der Waals surface area contributed by atoms with E-state index in [2.05, 4.69) is 4.90 Å². The van der Waals surface area contributed by atoms with Gasteiger partial charge in [-0.3, -0.25) is 9.69 Å². The van der Waals surface area contributed by atoms with Crippen LogP contribution in [0, 0.1) is 12.7 Å². The van der Waals surface area contributed by atoms with Gasteiger partial charge < -0.3 is 14.4 Å². The van der Waals surface area contributed by atoms with E-state index in [1.807, 2.05) is 56.3 Å². The van der Waals surface area contributed by atoms with Crippen LogP contribution in [0.1, 0.15) is 32.6 Å². The molecular weight excluding hydrogens is 431 g/mol. The van der Waals surface area contributed by atoms with Crippen molar-refractivity contribution in [3.05, 3.63) is 94.0 Å². The Hall–Kier alpha value is -3.64. The Morgan fingerprint density at radius 2 is 1.82 bits per heavy atom. The third kappa shape index (κ3) is 4.29. The molecule has 5 rings (SSSR count). The first kappa shape index (κ1) is 22.2. The average molecular weight is 459 g/mol. The van der Waals surface area contributed by atoms with Crippen LogP contribution in [0.15, 0.2) is 60.4 Å². The van der Waals surface area contributed by atoms with Gasteiger partial charge in [0.1, 0.15) is 24.0 Å². The van der Waals surface area contributed by atoms with Gasteiger partial charge >= 0.3 is 0 Å². The highest BCUT2D eigenvalue weighted by molar-refractivity contribution is 6.15. The summed E-state index contributed by atoms with van der Waals surface area (Å²) < 4.78 is 25.4. The van der Waals surface area contributed by atoms with Crippen molar-refractivity contribution in [2.75, 3.05) is 32.3 Å². The molecule has 0 saturated heterocycles. The van der Waals surface area contributed by atoms with Crippen molar-refractivity contribution >= 4 is 17.5 Å². The SMILES string of the molecule is Cc1cc2c(c3c1C(=O)/C(=C\c1ccc(N(C)C)cc1)O3)CN(CCc1ccc(F)cc1)CO2. The molecule has 34 heavy (non-hydrogen) atoms. The standard InChI is InChI=1S/C28H27FN2O3/c1-18-14-24-23(16-31(17-33-24)13-12-19-4-8-21(29)9-5-19)28-26(18)27(32)25(34-28)15-20-6-10-22(11-7-20)30(2)3/h4-11,14-15H,12-13,16-17H2,1-3H3/b25-15+. The Morgan fingerprint density at radius 1 is 1.09 bits per heavy atom. The highest BCUT2D eigenvalue weighted by Crippen LogP contribution is 2.44. The molecule has 174 valence electrons. The highest BCUT2D eigenvalue weighted by Gasteiger charge is 2.35. The van der Waals surface area contributed by atoms with Gasteiger partial charge in [-0.05, 0) is 66.4 Å². The van der Waals surface area contributed by atoms with Gasteiger partial charge in [0.25, 0.3) is 0 Å². The fourth-order valence-corrected chi connectivity index (χ4v) is 4.38. The van der Waals surface area contributed by atoms with Crippen molar-refractivity contribution in [3.8, 4) is 11.5 Å². The summed E-state index contributed by atoms with van der Waals surface area (Å²) in [6.45, 7) is 3.75. The lowest BCUT2D eigenvalue weighted by Crippen LogP contribution is -2.33. The van der Waals surface area contributed by atoms with E-state index in [1.54, 1.807) is 18.2 Å². The molecule has 0 unspecified atom stereocenters. The minimum atomic E-state index is -0.232. The van der Waals surface area contributed by atoms with Crippen molar-refractivity contribution in [1.82, 2.24) is 4.90 Å². The number of hydrogen-bond acceptors (Lipinski definition) is 5. The van der Waals surface area contributed by atoms with E-state index in [9.17, 15) is 9.18 Å². The van der Waals surface area contributed by atoms with E-state index < -0.39 is 0 Å². The number of allylic oxidation sites excluding steroid dienone is 1. The molecule has 3 aromatic carbocycles. The molecule has 0 radical (unpaired) electrons. The molecule has 0 N–H and O–H groups in total. The van der Waals surface area contributed by atoms with E-state index in [0.717, 1.165) is 46.7 Å². The molecule has 0 bridgehead atoms. The molecule has 0 atom stereocenters. The Labute approximate surface area is 199 Å². The molecule has 0 amide bonds. The summed E-state index contributed by atoms with van der Waals surface area (Å²) in [7, 11) is 3.98. The number of benzene rings is 3. The zero-order chi connectivity index (χ0) is 23.8. The molecule has 3 aromatic rings. The van der Waals surface area contributed by atoms with Crippen LogP contribution in [0.5, 0.6) is 11.5 Å². The second kappa shape index (κ2) is 8.95. The lowest BCUT2D eigenvalue weighted by atomic mass is 9.98. The average Bonchev–Trinajstić information content (AvgIpc) is 3.16. The van der Waals surface area contributed by atoms with Crippen molar-refractivity contribution in [3.63, 3.8) is 0 Å². The number of ether oxygens (including phenoxy) is 2. The number of nitrogens with zero attached hydrogens (tertiary/aromatic N) is 2. The molecule has 2 aliphatic heterocycles. The summed E-state index contributed by atoms with van der Waals surface area (Å²) in [6.07, 6.45) is 2.57. The fourth-order valence-electron chi connectivity index (χ4n) is 4.38. The van der Waals surface area contributed by atoms with Gasteiger partial charge in [-0.1, -0.05) is 24.3 Å². The topological polar surface area (TPSA) is 42.0 Å². The number of fused-ring (bicyclic) bond motifs is 3. The Balaban J connectivity index is 1.37.